The van der Waals surface area contributed by atoms with Gasteiger partial charge in [0.05, 0.1) is 0 Å². The number of nitrogens with zero attached hydrogens (tertiary/aromatic N) is 1. The molecule has 0 aliphatic rings. The van der Waals surface area contributed by atoms with Crippen molar-refractivity contribution in [3.05, 3.63) is 63.6 Å². The van der Waals surface area contributed by atoms with Crippen LogP contribution in [-0.2, 0) is 21.5 Å². The van der Waals surface area contributed by atoms with Gasteiger partial charge >= 0.3 is 0 Å². The van der Waals surface area contributed by atoms with Gasteiger partial charge in [-0.15, -0.1) is 0 Å². The largest absolute Gasteiger partial charge is 0.484 e. The number of ether oxygens (including phenoxy) is 1. The molecule has 2 rings (SSSR count). The number of hydrogen-bond donors (Lipinski definition) is 1. The summed E-state index contributed by atoms with van der Waals surface area (Å²) in [7, 11) is 0. The van der Waals surface area contributed by atoms with Gasteiger partial charge in [0.1, 0.15) is 11.8 Å². The van der Waals surface area contributed by atoms with Gasteiger partial charge in [0.25, 0.3) is 5.91 Å². The molecule has 2 amide bonds. The Bertz CT molecular complexity index is 904. The molecule has 0 radical (unpaired) electrons. The predicted molar refractivity (Wildman–Crippen MR) is 130 cm³/mol. The molecule has 0 aliphatic carbocycles. The smallest absolute Gasteiger partial charge is 0.261 e. The second kappa shape index (κ2) is 11.6. The Labute approximate surface area is 201 Å². The minimum Gasteiger partial charge on any atom is -0.484 e. The molecule has 0 aromatic heterocycles. The Morgan fingerprint density at radius 1 is 1.03 bits per heavy atom. The lowest BCUT2D eigenvalue weighted by molar-refractivity contribution is -0.142. The molecule has 2 aromatic carbocycles. The predicted octanol–water partition coefficient (Wildman–Crippen LogP) is 5.61. The average Bonchev–Trinajstić information content (AvgIpc) is 2.73. The van der Waals surface area contributed by atoms with Crippen LogP contribution >= 0.6 is 23.2 Å². The molecular formula is C25H32Cl2N2O3. The molecule has 5 nitrogen and oxygen atoms in total. The summed E-state index contributed by atoms with van der Waals surface area (Å²) in [6.07, 6.45) is 0.444. The highest BCUT2D eigenvalue weighted by atomic mass is 35.5. The van der Waals surface area contributed by atoms with E-state index in [0.29, 0.717) is 34.3 Å². The van der Waals surface area contributed by atoms with Crippen LogP contribution in [0.2, 0.25) is 10.0 Å². The van der Waals surface area contributed by atoms with Crippen molar-refractivity contribution in [1.29, 1.82) is 0 Å². The first-order chi connectivity index (χ1) is 15.1. The molecular weight excluding hydrogens is 447 g/mol. The van der Waals surface area contributed by atoms with Gasteiger partial charge in [-0.25, -0.2) is 0 Å². The molecule has 0 aliphatic heterocycles. The fourth-order valence-electron chi connectivity index (χ4n) is 3.34. The van der Waals surface area contributed by atoms with Gasteiger partial charge in [-0.05, 0) is 48.6 Å². The monoisotopic (exact) mass is 478 g/mol. The molecule has 0 bridgehead atoms. The summed E-state index contributed by atoms with van der Waals surface area (Å²) in [4.78, 5) is 27.4. The number of halogens is 2. The number of carbonyl (C=O) groups excluding carboxylic acids is 2. The van der Waals surface area contributed by atoms with Gasteiger partial charge < -0.3 is 15.0 Å². The van der Waals surface area contributed by atoms with Gasteiger partial charge in [0, 0.05) is 28.7 Å². The standard InChI is InChI=1S/C25H32Cl2N2O3/c1-6-22(24(31)28-7-2)29(15-19-20(26)9-8-10-21(19)27)23(30)16-32-18-13-11-17(12-14-18)25(3,4)5/h8-14,22H,6-7,15-16H2,1-5H3,(H,28,31)/t22-/m1/s1. The fraction of sp³-hybridized carbons (Fsp3) is 0.440. The first kappa shape index (κ1) is 26.0. The zero-order valence-electron chi connectivity index (χ0n) is 19.4. The third-order valence-corrected chi connectivity index (χ3v) is 5.92. The molecule has 1 N–H and O–H groups in total. The van der Waals surface area contributed by atoms with Crippen molar-refractivity contribution < 1.29 is 14.3 Å². The summed E-state index contributed by atoms with van der Waals surface area (Å²) in [5.74, 6) is 0.0492. The minimum atomic E-state index is -0.665. The summed E-state index contributed by atoms with van der Waals surface area (Å²) in [6.45, 7) is 10.5. The molecule has 0 heterocycles. The van der Waals surface area contributed by atoms with Crippen LogP contribution in [0.4, 0.5) is 0 Å². The molecule has 174 valence electrons. The van der Waals surface area contributed by atoms with Crippen LogP contribution < -0.4 is 10.1 Å². The van der Waals surface area contributed by atoms with Gasteiger partial charge in [-0.2, -0.15) is 0 Å². The maximum absolute atomic E-state index is 13.2. The number of rotatable bonds is 9. The molecule has 0 unspecified atom stereocenters. The van der Waals surface area contributed by atoms with Crippen LogP contribution in [0, 0.1) is 0 Å². The van der Waals surface area contributed by atoms with E-state index in [2.05, 4.69) is 26.1 Å². The van der Waals surface area contributed by atoms with E-state index in [1.807, 2.05) is 38.1 Å². The van der Waals surface area contributed by atoms with Gasteiger partial charge in [-0.3, -0.25) is 9.59 Å². The van der Waals surface area contributed by atoms with Crippen molar-refractivity contribution in [2.75, 3.05) is 13.2 Å². The number of benzene rings is 2. The zero-order chi connectivity index (χ0) is 23.9. The van der Waals surface area contributed by atoms with E-state index >= 15 is 0 Å². The maximum Gasteiger partial charge on any atom is 0.261 e. The Hall–Kier alpha value is -2.24. The van der Waals surface area contributed by atoms with Crippen molar-refractivity contribution in [2.45, 2.75) is 59.0 Å². The molecule has 0 saturated carbocycles. The quantitative estimate of drug-likeness (QED) is 0.509. The van der Waals surface area contributed by atoms with E-state index in [-0.39, 0.29) is 30.4 Å². The first-order valence-electron chi connectivity index (χ1n) is 10.8. The minimum absolute atomic E-state index is 0.0281. The molecule has 1 atom stereocenters. The van der Waals surface area contributed by atoms with E-state index in [1.54, 1.807) is 18.2 Å². The van der Waals surface area contributed by atoms with Crippen LogP contribution in [0.5, 0.6) is 5.75 Å². The summed E-state index contributed by atoms with van der Waals surface area (Å²) in [5, 5.41) is 3.69. The SMILES string of the molecule is CCNC(=O)[C@@H](CC)N(Cc1c(Cl)cccc1Cl)C(=O)COc1ccc(C(C)(C)C)cc1. The summed E-state index contributed by atoms with van der Waals surface area (Å²) < 4.78 is 5.76. The fourth-order valence-corrected chi connectivity index (χ4v) is 3.86. The maximum atomic E-state index is 13.2. The molecule has 2 aromatic rings. The van der Waals surface area contributed by atoms with Crippen molar-refractivity contribution in [2.24, 2.45) is 0 Å². The number of nitrogens with one attached hydrogen (secondary N) is 1. The lowest BCUT2D eigenvalue weighted by Crippen LogP contribution is -2.50. The topological polar surface area (TPSA) is 58.6 Å². The summed E-state index contributed by atoms with van der Waals surface area (Å²) >= 11 is 12.7. The average molecular weight is 479 g/mol. The normalized spacial score (nSPS) is 12.2. The first-order valence-corrected chi connectivity index (χ1v) is 11.6. The number of amides is 2. The summed E-state index contributed by atoms with van der Waals surface area (Å²) in [6, 6.07) is 12.2. The highest BCUT2D eigenvalue weighted by molar-refractivity contribution is 6.36. The highest BCUT2D eigenvalue weighted by Gasteiger charge is 2.29. The van der Waals surface area contributed by atoms with Crippen LogP contribution in [0.3, 0.4) is 0 Å². The van der Waals surface area contributed by atoms with Crippen LogP contribution in [0.1, 0.15) is 52.2 Å². The zero-order valence-corrected chi connectivity index (χ0v) is 20.9. The molecule has 32 heavy (non-hydrogen) atoms. The van der Waals surface area contributed by atoms with Crippen molar-refractivity contribution in [3.8, 4) is 5.75 Å². The van der Waals surface area contributed by atoms with Crippen molar-refractivity contribution >= 4 is 35.0 Å². The lowest BCUT2D eigenvalue weighted by atomic mass is 9.87. The third kappa shape index (κ3) is 6.88. The second-order valence-corrected chi connectivity index (χ2v) is 9.42. The molecule has 0 fully saturated rings. The second-order valence-electron chi connectivity index (χ2n) is 8.60. The summed E-state index contributed by atoms with van der Waals surface area (Å²) in [5.41, 5.74) is 1.80. The van der Waals surface area contributed by atoms with E-state index in [1.165, 1.54) is 10.5 Å². The Balaban J connectivity index is 2.23. The Morgan fingerprint density at radius 3 is 2.12 bits per heavy atom. The van der Waals surface area contributed by atoms with Crippen molar-refractivity contribution in [3.63, 3.8) is 0 Å². The number of carbonyl (C=O) groups is 2. The Kier molecular flexibility index (Phi) is 9.41. The van der Waals surface area contributed by atoms with Gasteiger partial charge in [-0.1, -0.05) is 69.1 Å². The van der Waals surface area contributed by atoms with E-state index in [4.69, 9.17) is 27.9 Å². The van der Waals surface area contributed by atoms with E-state index in [9.17, 15) is 9.59 Å². The lowest BCUT2D eigenvalue weighted by Gasteiger charge is -2.31. The van der Waals surface area contributed by atoms with Gasteiger partial charge in [0.2, 0.25) is 5.91 Å². The highest BCUT2D eigenvalue weighted by Crippen LogP contribution is 2.27. The number of hydrogen-bond acceptors (Lipinski definition) is 3. The van der Waals surface area contributed by atoms with E-state index < -0.39 is 6.04 Å². The van der Waals surface area contributed by atoms with Crippen LogP contribution in [0.15, 0.2) is 42.5 Å². The van der Waals surface area contributed by atoms with E-state index in [0.717, 1.165) is 0 Å². The van der Waals surface area contributed by atoms with Crippen LogP contribution in [-0.4, -0.2) is 35.9 Å². The van der Waals surface area contributed by atoms with Crippen LogP contribution in [0.25, 0.3) is 0 Å². The number of likely N-dealkylation sites (N-methyl/N-ethyl adjacent to an activating group) is 1. The molecule has 0 spiro atoms. The molecule has 7 heteroatoms. The third-order valence-electron chi connectivity index (χ3n) is 5.21. The molecule has 0 saturated heterocycles. The Morgan fingerprint density at radius 2 is 1.62 bits per heavy atom. The van der Waals surface area contributed by atoms with Crippen molar-refractivity contribution in [1.82, 2.24) is 10.2 Å². The van der Waals surface area contributed by atoms with Gasteiger partial charge in [0.15, 0.2) is 6.61 Å².